The molecule has 0 atom stereocenters. The van der Waals surface area contributed by atoms with Crippen LogP contribution in [0.15, 0.2) is 16.5 Å². The maximum Gasteiger partial charge on any atom is 0.354 e. The number of carbonyl (C=O) groups is 1. The Morgan fingerprint density at radius 1 is 1.44 bits per heavy atom. The average molecular weight is 220 g/mol. The quantitative estimate of drug-likeness (QED) is 0.840. The van der Waals surface area contributed by atoms with Crippen molar-refractivity contribution in [1.82, 2.24) is 9.55 Å². The third-order valence-electron chi connectivity index (χ3n) is 2.50. The van der Waals surface area contributed by atoms with Gasteiger partial charge < -0.3 is 14.1 Å². The van der Waals surface area contributed by atoms with Crippen molar-refractivity contribution in [2.24, 2.45) is 7.05 Å². The summed E-state index contributed by atoms with van der Waals surface area (Å²) in [5, 5.41) is 9.13. The lowest BCUT2D eigenvalue weighted by Gasteiger charge is -1.98. The normalized spacial score (nSPS) is 10.7. The lowest BCUT2D eigenvalue weighted by atomic mass is 10.2. The summed E-state index contributed by atoms with van der Waals surface area (Å²) in [4.78, 5) is 15.3. The molecular weight excluding hydrogens is 208 g/mol. The molecule has 0 radical (unpaired) electrons. The standard InChI is InChI=1S/C11H12N2O3/c1-6-4-5-8(16-6)9-10(11(14)15)13(3)7(2)12-9/h4-5H,1-3H3,(H,14,15). The minimum Gasteiger partial charge on any atom is -0.477 e. The molecule has 0 aliphatic carbocycles. The summed E-state index contributed by atoms with van der Waals surface area (Å²) in [7, 11) is 1.67. The Morgan fingerprint density at radius 2 is 2.12 bits per heavy atom. The van der Waals surface area contributed by atoms with Crippen LogP contribution in [0.2, 0.25) is 0 Å². The predicted molar refractivity (Wildman–Crippen MR) is 57.3 cm³/mol. The van der Waals surface area contributed by atoms with Crippen molar-refractivity contribution in [3.63, 3.8) is 0 Å². The monoisotopic (exact) mass is 220 g/mol. The van der Waals surface area contributed by atoms with Crippen molar-refractivity contribution >= 4 is 5.97 Å². The summed E-state index contributed by atoms with van der Waals surface area (Å²) in [6, 6.07) is 3.51. The van der Waals surface area contributed by atoms with Gasteiger partial charge in [-0.05, 0) is 26.0 Å². The van der Waals surface area contributed by atoms with Crippen LogP contribution in [0, 0.1) is 13.8 Å². The molecule has 2 aromatic rings. The van der Waals surface area contributed by atoms with Crippen molar-refractivity contribution in [3.05, 3.63) is 29.4 Å². The molecular formula is C11H12N2O3. The molecule has 0 aromatic carbocycles. The number of rotatable bonds is 2. The number of hydrogen-bond donors (Lipinski definition) is 1. The Balaban J connectivity index is 2.65. The first-order valence-corrected chi connectivity index (χ1v) is 4.84. The van der Waals surface area contributed by atoms with Gasteiger partial charge in [-0.2, -0.15) is 0 Å². The van der Waals surface area contributed by atoms with E-state index in [1.165, 1.54) is 4.57 Å². The van der Waals surface area contributed by atoms with Crippen LogP contribution in [0.5, 0.6) is 0 Å². The highest BCUT2D eigenvalue weighted by atomic mass is 16.4. The van der Waals surface area contributed by atoms with E-state index in [1.807, 2.05) is 0 Å². The molecule has 5 nitrogen and oxygen atoms in total. The highest BCUT2D eigenvalue weighted by Gasteiger charge is 2.21. The summed E-state index contributed by atoms with van der Waals surface area (Å²) in [6.45, 7) is 3.56. The van der Waals surface area contributed by atoms with Crippen molar-refractivity contribution in [3.8, 4) is 11.5 Å². The molecule has 0 aliphatic rings. The molecule has 5 heteroatoms. The van der Waals surface area contributed by atoms with Crippen molar-refractivity contribution < 1.29 is 14.3 Å². The van der Waals surface area contributed by atoms with Gasteiger partial charge in [-0.15, -0.1) is 0 Å². The Morgan fingerprint density at radius 3 is 2.62 bits per heavy atom. The first-order chi connectivity index (χ1) is 7.50. The molecule has 2 rings (SSSR count). The number of carboxylic acid groups (broad SMARTS) is 1. The summed E-state index contributed by atoms with van der Waals surface area (Å²) >= 11 is 0. The number of hydrogen-bond acceptors (Lipinski definition) is 3. The minimum absolute atomic E-state index is 0.145. The number of aromatic carboxylic acids is 1. The van der Waals surface area contributed by atoms with Gasteiger partial charge in [0.05, 0.1) is 0 Å². The van der Waals surface area contributed by atoms with E-state index < -0.39 is 5.97 Å². The second kappa shape index (κ2) is 3.52. The largest absolute Gasteiger partial charge is 0.477 e. The number of nitrogens with zero attached hydrogens (tertiary/aromatic N) is 2. The number of carboxylic acids is 1. The Labute approximate surface area is 92.3 Å². The summed E-state index contributed by atoms with van der Waals surface area (Å²) in [5.74, 6) is 0.849. The lowest BCUT2D eigenvalue weighted by Crippen LogP contribution is -2.06. The summed E-state index contributed by atoms with van der Waals surface area (Å²) in [6.07, 6.45) is 0. The SMILES string of the molecule is Cc1ccc(-c2nc(C)n(C)c2C(=O)O)o1. The Bertz CT molecular complexity index is 552. The van der Waals surface area contributed by atoms with Crippen molar-refractivity contribution in [1.29, 1.82) is 0 Å². The zero-order valence-corrected chi connectivity index (χ0v) is 9.31. The maximum absolute atomic E-state index is 11.1. The van der Waals surface area contributed by atoms with E-state index in [9.17, 15) is 4.79 Å². The average Bonchev–Trinajstić information content (AvgIpc) is 2.73. The predicted octanol–water partition coefficient (Wildman–Crippen LogP) is 2.00. The fourth-order valence-electron chi connectivity index (χ4n) is 1.59. The van der Waals surface area contributed by atoms with Crippen LogP contribution >= 0.6 is 0 Å². The summed E-state index contributed by atoms with van der Waals surface area (Å²) in [5.41, 5.74) is 0.521. The van der Waals surface area contributed by atoms with Gasteiger partial charge in [0, 0.05) is 7.05 Å². The van der Waals surface area contributed by atoms with E-state index in [-0.39, 0.29) is 5.69 Å². The zero-order valence-electron chi connectivity index (χ0n) is 9.31. The third kappa shape index (κ3) is 1.50. The van der Waals surface area contributed by atoms with Gasteiger partial charge in [0.15, 0.2) is 11.5 Å². The van der Waals surface area contributed by atoms with E-state index in [0.717, 1.165) is 5.76 Å². The van der Waals surface area contributed by atoms with Crippen LogP contribution in [0.1, 0.15) is 22.1 Å². The van der Waals surface area contributed by atoms with Crippen LogP contribution in [0.25, 0.3) is 11.5 Å². The topological polar surface area (TPSA) is 68.3 Å². The Hall–Kier alpha value is -2.04. The fourth-order valence-corrected chi connectivity index (χ4v) is 1.59. The smallest absolute Gasteiger partial charge is 0.354 e. The van der Waals surface area contributed by atoms with Gasteiger partial charge in [-0.1, -0.05) is 0 Å². The summed E-state index contributed by atoms with van der Waals surface area (Å²) < 4.78 is 6.93. The molecule has 0 unspecified atom stereocenters. The van der Waals surface area contributed by atoms with Gasteiger partial charge in [-0.25, -0.2) is 9.78 Å². The molecule has 0 aliphatic heterocycles. The Kier molecular flexibility index (Phi) is 2.30. The molecule has 1 N–H and O–H groups in total. The number of imidazole rings is 1. The highest BCUT2D eigenvalue weighted by molar-refractivity contribution is 5.92. The van der Waals surface area contributed by atoms with Crippen molar-refractivity contribution in [2.75, 3.05) is 0 Å². The van der Waals surface area contributed by atoms with Crippen LogP contribution in [0.3, 0.4) is 0 Å². The molecule has 0 saturated carbocycles. The van der Waals surface area contributed by atoms with E-state index >= 15 is 0 Å². The van der Waals surface area contributed by atoms with Crippen molar-refractivity contribution in [2.45, 2.75) is 13.8 Å². The third-order valence-corrected chi connectivity index (χ3v) is 2.50. The number of aryl methyl sites for hydroxylation is 2. The van der Waals surface area contributed by atoms with Gasteiger partial charge in [0.25, 0.3) is 0 Å². The van der Waals surface area contributed by atoms with Gasteiger partial charge in [0.2, 0.25) is 0 Å². The van der Waals surface area contributed by atoms with E-state index in [4.69, 9.17) is 9.52 Å². The van der Waals surface area contributed by atoms with Crippen LogP contribution in [-0.4, -0.2) is 20.6 Å². The molecule has 2 aromatic heterocycles. The lowest BCUT2D eigenvalue weighted by molar-refractivity contribution is 0.0687. The second-order valence-electron chi connectivity index (χ2n) is 3.63. The van der Waals surface area contributed by atoms with E-state index in [1.54, 1.807) is 33.0 Å². The minimum atomic E-state index is -1.01. The van der Waals surface area contributed by atoms with Gasteiger partial charge in [-0.3, -0.25) is 0 Å². The fraction of sp³-hybridized carbons (Fsp3) is 0.273. The van der Waals surface area contributed by atoms with Crippen LogP contribution < -0.4 is 0 Å². The highest BCUT2D eigenvalue weighted by Crippen LogP contribution is 2.25. The zero-order chi connectivity index (χ0) is 11.9. The molecule has 84 valence electrons. The van der Waals surface area contributed by atoms with E-state index in [0.29, 0.717) is 17.3 Å². The van der Waals surface area contributed by atoms with Crippen LogP contribution in [-0.2, 0) is 7.05 Å². The molecule has 0 amide bonds. The number of aromatic nitrogens is 2. The molecule has 0 saturated heterocycles. The van der Waals surface area contributed by atoms with Gasteiger partial charge >= 0.3 is 5.97 Å². The van der Waals surface area contributed by atoms with Crippen LogP contribution in [0.4, 0.5) is 0 Å². The maximum atomic E-state index is 11.1. The molecule has 2 heterocycles. The van der Waals surface area contributed by atoms with E-state index in [2.05, 4.69) is 4.98 Å². The molecule has 0 fully saturated rings. The molecule has 16 heavy (non-hydrogen) atoms. The molecule has 0 spiro atoms. The first-order valence-electron chi connectivity index (χ1n) is 4.84. The number of furan rings is 1. The van der Waals surface area contributed by atoms with Gasteiger partial charge in [0.1, 0.15) is 17.3 Å². The molecule has 0 bridgehead atoms. The first kappa shape index (κ1) is 10.5. The second-order valence-corrected chi connectivity index (χ2v) is 3.63.